The van der Waals surface area contributed by atoms with Crippen molar-refractivity contribution in [2.24, 2.45) is 0 Å². The topological polar surface area (TPSA) is 42.0 Å². The molecular weight excluding hydrogens is 256 g/mol. The van der Waals surface area contributed by atoms with E-state index < -0.39 is 0 Å². The zero-order valence-electron chi connectivity index (χ0n) is 11.3. The molecule has 3 nitrogen and oxygen atoms in total. The number of aromatic nitrogens is 1. The third-order valence-electron chi connectivity index (χ3n) is 2.88. The fraction of sp³-hybridized carbons (Fsp3) is 0.333. The van der Waals surface area contributed by atoms with Gasteiger partial charge in [0.2, 0.25) is 0 Å². The van der Waals surface area contributed by atoms with Gasteiger partial charge in [0.1, 0.15) is 10.7 Å². The number of nitrogens with zero attached hydrogens (tertiary/aromatic N) is 1. The molecule has 0 aliphatic carbocycles. The quantitative estimate of drug-likeness (QED) is 0.906. The second-order valence-corrected chi connectivity index (χ2v) is 5.20. The van der Waals surface area contributed by atoms with Crippen LogP contribution >= 0.6 is 11.3 Å². The van der Waals surface area contributed by atoms with E-state index in [1.807, 2.05) is 12.3 Å². The van der Waals surface area contributed by atoms with E-state index in [-0.39, 0.29) is 5.91 Å². The second kappa shape index (κ2) is 6.48. The van der Waals surface area contributed by atoms with Crippen molar-refractivity contribution in [3.63, 3.8) is 0 Å². The average molecular weight is 274 g/mol. The minimum Gasteiger partial charge on any atom is -0.351 e. The van der Waals surface area contributed by atoms with E-state index in [9.17, 15) is 4.79 Å². The van der Waals surface area contributed by atoms with Crippen LogP contribution in [0, 0.1) is 0 Å². The molecule has 0 saturated carbocycles. The molecule has 2 aromatic rings. The van der Waals surface area contributed by atoms with Crippen molar-refractivity contribution in [1.82, 2.24) is 10.3 Å². The summed E-state index contributed by atoms with van der Waals surface area (Å²) in [5, 5.41) is 5.54. The largest absolute Gasteiger partial charge is 0.351 e. The van der Waals surface area contributed by atoms with E-state index in [0.29, 0.717) is 12.2 Å². The predicted molar refractivity (Wildman–Crippen MR) is 79.6 cm³/mol. The number of rotatable bonds is 5. The van der Waals surface area contributed by atoms with E-state index in [0.717, 1.165) is 23.4 Å². The SMILES string of the molecule is CCCNC(=O)c1csc(-c2ccc(CC)cc2)n1. The van der Waals surface area contributed by atoms with Gasteiger partial charge in [0.15, 0.2) is 0 Å². The second-order valence-electron chi connectivity index (χ2n) is 4.34. The molecule has 0 radical (unpaired) electrons. The molecule has 1 aromatic carbocycles. The first-order chi connectivity index (χ1) is 9.24. The lowest BCUT2D eigenvalue weighted by molar-refractivity contribution is 0.0949. The molecule has 0 spiro atoms. The lowest BCUT2D eigenvalue weighted by Crippen LogP contribution is -2.24. The molecule has 1 N–H and O–H groups in total. The molecule has 0 aliphatic heterocycles. The molecule has 0 bridgehead atoms. The van der Waals surface area contributed by atoms with E-state index in [1.54, 1.807) is 0 Å². The van der Waals surface area contributed by atoms with Crippen molar-refractivity contribution in [3.05, 3.63) is 40.9 Å². The number of nitrogens with one attached hydrogen (secondary N) is 1. The Morgan fingerprint density at radius 1 is 1.26 bits per heavy atom. The Balaban J connectivity index is 2.13. The Kier molecular flexibility index (Phi) is 4.68. The molecule has 1 heterocycles. The molecule has 0 aliphatic rings. The Morgan fingerprint density at radius 3 is 2.63 bits per heavy atom. The summed E-state index contributed by atoms with van der Waals surface area (Å²) >= 11 is 1.51. The smallest absolute Gasteiger partial charge is 0.270 e. The highest BCUT2D eigenvalue weighted by molar-refractivity contribution is 7.13. The van der Waals surface area contributed by atoms with E-state index in [1.165, 1.54) is 16.9 Å². The summed E-state index contributed by atoms with van der Waals surface area (Å²) in [6.45, 7) is 4.85. The molecule has 0 saturated heterocycles. The molecule has 0 atom stereocenters. The maximum atomic E-state index is 11.8. The Morgan fingerprint density at radius 2 is 2.00 bits per heavy atom. The average Bonchev–Trinajstić information content (AvgIpc) is 2.94. The molecule has 2 rings (SSSR count). The van der Waals surface area contributed by atoms with Crippen molar-refractivity contribution in [3.8, 4) is 10.6 Å². The van der Waals surface area contributed by atoms with Gasteiger partial charge in [-0.15, -0.1) is 11.3 Å². The van der Waals surface area contributed by atoms with Gasteiger partial charge in [-0.3, -0.25) is 4.79 Å². The third kappa shape index (κ3) is 3.41. The summed E-state index contributed by atoms with van der Waals surface area (Å²) in [6, 6.07) is 8.33. The maximum Gasteiger partial charge on any atom is 0.270 e. The number of benzene rings is 1. The molecule has 0 fully saturated rings. The van der Waals surface area contributed by atoms with Crippen molar-refractivity contribution >= 4 is 17.2 Å². The number of amides is 1. The Labute approximate surface area is 117 Å². The fourth-order valence-electron chi connectivity index (χ4n) is 1.72. The van der Waals surface area contributed by atoms with E-state index >= 15 is 0 Å². The molecule has 4 heteroatoms. The number of aryl methyl sites for hydroxylation is 1. The minimum atomic E-state index is -0.0884. The first kappa shape index (κ1) is 13.7. The van der Waals surface area contributed by atoms with Gasteiger partial charge in [0, 0.05) is 17.5 Å². The van der Waals surface area contributed by atoms with Gasteiger partial charge in [-0.1, -0.05) is 38.1 Å². The van der Waals surface area contributed by atoms with E-state index in [2.05, 4.69) is 41.5 Å². The van der Waals surface area contributed by atoms with Crippen molar-refractivity contribution in [2.45, 2.75) is 26.7 Å². The maximum absolute atomic E-state index is 11.8. The normalized spacial score (nSPS) is 10.4. The molecule has 100 valence electrons. The monoisotopic (exact) mass is 274 g/mol. The third-order valence-corrected chi connectivity index (χ3v) is 3.77. The summed E-state index contributed by atoms with van der Waals surface area (Å²) in [7, 11) is 0. The van der Waals surface area contributed by atoms with Crippen molar-refractivity contribution in [2.75, 3.05) is 6.54 Å². The van der Waals surface area contributed by atoms with Crippen LogP contribution in [0.2, 0.25) is 0 Å². The molecule has 1 aromatic heterocycles. The van der Waals surface area contributed by atoms with Gasteiger partial charge in [0.05, 0.1) is 0 Å². The van der Waals surface area contributed by atoms with Crippen LogP contribution in [-0.4, -0.2) is 17.4 Å². The number of carbonyl (C=O) groups excluding carboxylic acids is 1. The highest BCUT2D eigenvalue weighted by Gasteiger charge is 2.10. The van der Waals surface area contributed by atoms with Gasteiger partial charge >= 0.3 is 0 Å². The fourth-order valence-corrected chi connectivity index (χ4v) is 2.53. The zero-order valence-corrected chi connectivity index (χ0v) is 12.1. The van der Waals surface area contributed by atoms with Crippen LogP contribution in [0.3, 0.4) is 0 Å². The van der Waals surface area contributed by atoms with Gasteiger partial charge in [-0.25, -0.2) is 4.98 Å². The number of hydrogen-bond acceptors (Lipinski definition) is 3. The first-order valence-electron chi connectivity index (χ1n) is 6.57. The van der Waals surface area contributed by atoms with Gasteiger partial charge < -0.3 is 5.32 Å². The zero-order chi connectivity index (χ0) is 13.7. The summed E-state index contributed by atoms with van der Waals surface area (Å²) in [4.78, 5) is 16.2. The highest BCUT2D eigenvalue weighted by atomic mass is 32.1. The first-order valence-corrected chi connectivity index (χ1v) is 7.45. The van der Waals surface area contributed by atoms with Crippen LogP contribution in [0.25, 0.3) is 10.6 Å². The number of carbonyl (C=O) groups is 1. The molecular formula is C15H18N2OS. The summed E-state index contributed by atoms with van der Waals surface area (Å²) in [5.74, 6) is -0.0884. The van der Waals surface area contributed by atoms with Crippen LogP contribution in [0.1, 0.15) is 36.3 Å². The number of hydrogen-bond donors (Lipinski definition) is 1. The molecule has 1 amide bonds. The highest BCUT2D eigenvalue weighted by Crippen LogP contribution is 2.24. The summed E-state index contributed by atoms with van der Waals surface area (Å²) < 4.78 is 0. The van der Waals surface area contributed by atoms with Crippen LogP contribution in [0.5, 0.6) is 0 Å². The van der Waals surface area contributed by atoms with Gasteiger partial charge in [0.25, 0.3) is 5.91 Å². The summed E-state index contributed by atoms with van der Waals surface area (Å²) in [6.07, 6.45) is 1.96. The van der Waals surface area contributed by atoms with Gasteiger partial charge in [-0.05, 0) is 18.4 Å². The van der Waals surface area contributed by atoms with Crippen molar-refractivity contribution in [1.29, 1.82) is 0 Å². The molecule has 0 unspecified atom stereocenters. The Bertz CT molecular complexity index is 546. The van der Waals surface area contributed by atoms with E-state index in [4.69, 9.17) is 0 Å². The van der Waals surface area contributed by atoms with Crippen molar-refractivity contribution < 1.29 is 4.79 Å². The predicted octanol–water partition coefficient (Wildman–Crippen LogP) is 3.51. The lowest BCUT2D eigenvalue weighted by Gasteiger charge is -2.00. The van der Waals surface area contributed by atoms with Crippen LogP contribution in [-0.2, 0) is 6.42 Å². The van der Waals surface area contributed by atoms with Gasteiger partial charge in [-0.2, -0.15) is 0 Å². The minimum absolute atomic E-state index is 0.0884. The Hall–Kier alpha value is -1.68. The lowest BCUT2D eigenvalue weighted by atomic mass is 10.1. The number of thiazole rings is 1. The van der Waals surface area contributed by atoms with Crippen LogP contribution < -0.4 is 5.32 Å². The van der Waals surface area contributed by atoms with Crippen LogP contribution in [0.15, 0.2) is 29.6 Å². The standard InChI is InChI=1S/C15H18N2OS/c1-3-9-16-14(18)13-10-19-15(17-13)12-7-5-11(4-2)6-8-12/h5-8,10H,3-4,9H2,1-2H3,(H,16,18). The van der Waals surface area contributed by atoms with Crippen LogP contribution in [0.4, 0.5) is 0 Å². The molecule has 19 heavy (non-hydrogen) atoms. The summed E-state index contributed by atoms with van der Waals surface area (Å²) in [5.41, 5.74) is 2.88.